The van der Waals surface area contributed by atoms with Gasteiger partial charge in [-0.3, -0.25) is 4.79 Å². The molecule has 0 unspecified atom stereocenters. The molecule has 12 nitrogen and oxygen atoms in total. The Kier molecular flexibility index (Phi) is 11.6. The molecule has 226 valence electrons. The molecular formula is C29H38FN7O5. The van der Waals surface area contributed by atoms with Gasteiger partial charge in [0.1, 0.15) is 12.4 Å². The number of anilines is 1. The van der Waals surface area contributed by atoms with E-state index in [1.807, 2.05) is 0 Å². The average molecular weight is 584 g/mol. The second-order valence-corrected chi connectivity index (χ2v) is 10.0. The quantitative estimate of drug-likeness (QED) is 0.0997. The molecule has 1 fully saturated rings. The van der Waals surface area contributed by atoms with Crippen molar-refractivity contribution in [3.63, 3.8) is 0 Å². The summed E-state index contributed by atoms with van der Waals surface area (Å²) in [5.41, 5.74) is 11.0. The third-order valence-electron chi connectivity index (χ3n) is 7.21. The first-order valence-electron chi connectivity index (χ1n) is 14.4. The number of urea groups is 1. The van der Waals surface area contributed by atoms with Gasteiger partial charge in [-0.25, -0.2) is 14.2 Å². The topological polar surface area (TPSA) is 142 Å². The van der Waals surface area contributed by atoms with Crippen LogP contribution < -0.4 is 10.1 Å². The molecule has 1 atom stereocenters. The second kappa shape index (κ2) is 15.8. The van der Waals surface area contributed by atoms with Gasteiger partial charge in [0.15, 0.2) is 11.6 Å². The number of hydrogen-bond acceptors (Lipinski definition) is 8. The maximum atomic E-state index is 15.0. The zero-order valence-electron chi connectivity index (χ0n) is 24.0. The Hall–Kier alpha value is -4.09. The van der Waals surface area contributed by atoms with E-state index in [4.69, 9.17) is 24.7 Å². The van der Waals surface area contributed by atoms with E-state index in [9.17, 15) is 9.59 Å². The highest BCUT2D eigenvalue weighted by molar-refractivity contribution is 5.78. The Bertz CT molecular complexity index is 1270. The number of rotatable bonds is 16. The van der Waals surface area contributed by atoms with Crippen molar-refractivity contribution in [3.8, 4) is 5.75 Å². The van der Waals surface area contributed by atoms with E-state index < -0.39 is 17.8 Å². The second-order valence-electron chi connectivity index (χ2n) is 10.0. The van der Waals surface area contributed by atoms with E-state index in [0.717, 1.165) is 43.7 Å². The SMILES string of the molecule is CCOC(=O)C[C@H](c1ccc(OCCOCCN=[N+]=[N-])c(F)c1)N1CCN(CCCc2ccc3c(n2)NCCC3)C1=O. The molecule has 0 radical (unpaired) electrons. The van der Waals surface area contributed by atoms with Gasteiger partial charge in [0.25, 0.3) is 0 Å². The van der Waals surface area contributed by atoms with E-state index in [1.54, 1.807) is 22.8 Å². The smallest absolute Gasteiger partial charge is 0.320 e. The summed E-state index contributed by atoms with van der Waals surface area (Å²) < 4.78 is 30.9. The number of pyridine rings is 1. The van der Waals surface area contributed by atoms with Crippen LogP contribution in [0.2, 0.25) is 0 Å². The normalized spacial score (nSPS) is 15.0. The zero-order valence-corrected chi connectivity index (χ0v) is 24.0. The number of benzene rings is 1. The molecular weight excluding hydrogens is 545 g/mol. The van der Waals surface area contributed by atoms with Crippen LogP contribution in [0.5, 0.6) is 5.75 Å². The molecule has 0 saturated carbocycles. The highest BCUT2D eigenvalue weighted by Gasteiger charge is 2.36. The molecule has 2 amide bonds. The molecule has 0 aliphatic carbocycles. The van der Waals surface area contributed by atoms with E-state index in [-0.39, 0.29) is 51.2 Å². The van der Waals surface area contributed by atoms with Crippen LogP contribution >= 0.6 is 0 Å². The maximum absolute atomic E-state index is 15.0. The van der Waals surface area contributed by atoms with Crippen LogP contribution in [0.15, 0.2) is 35.4 Å². The fraction of sp³-hybridized carbons (Fsp3) is 0.552. The van der Waals surface area contributed by atoms with Crippen molar-refractivity contribution in [2.75, 3.05) is 64.5 Å². The standard InChI is InChI=1S/C29H38FN7O5/c1-2-41-27(38)20-25(22-8-10-26(24(30)19-22)42-18-17-40-16-12-33-35-31)37-15-14-36(29(37)39)13-4-6-23-9-7-21-5-3-11-32-28(21)34-23/h7-10,19,25H,2-6,11-18,20H2,1H3,(H,32,34)/t25-/m1/s1. The van der Waals surface area contributed by atoms with Gasteiger partial charge >= 0.3 is 12.0 Å². The average Bonchev–Trinajstić information content (AvgIpc) is 3.35. The molecule has 1 saturated heterocycles. The molecule has 13 heteroatoms. The number of hydrogen-bond donors (Lipinski definition) is 1. The molecule has 1 aromatic heterocycles. The fourth-order valence-corrected chi connectivity index (χ4v) is 5.15. The minimum Gasteiger partial charge on any atom is -0.488 e. The summed E-state index contributed by atoms with van der Waals surface area (Å²) in [4.78, 5) is 36.7. The van der Waals surface area contributed by atoms with Gasteiger partial charge in [-0.2, -0.15) is 0 Å². The highest BCUT2D eigenvalue weighted by atomic mass is 19.1. The summed E-state index contributed by atoms with van der Waals surface area (Å²) in [7, 11) is 0. The summed E-state index contributed by atoms with van der Waals surface area (Å²) in [5, 5.41) is 6.72. The first-order valence-corrected chi connectivity index (χ1v) is 14.4. The van der Waals surface area contributed by atoms with E-state index >= 15 is 4.39 Å². The van der Waals surface area contributed by atoms with Gasteiger partial charge in [-0.15, -0.1) is 0 Å². The number of fused-ring (bicyclic) bond motifs is 1. The van der Waals surface area contributed by atoms with Gasteiger partial charge in [-0.1, -0.05) is 17.2 Å². The predicted octanol–water partition coefficient (Wildman–Crippen LogP) is 4.65. The number of aryl methyl sites for hydroxylation is 2. The lowest BCUT2D eigenvalue weighted by atomic mass is 10.0. The highest BCUT2D eigenvalue weighted by Crippen LogP contribution is 2.31. The Morgan fingerprint density at radius 3 is 2.93 bits per heavy atom. The van der Waals surface area contributed by atoms with Gasteiger partial charge in [0.2, 0.25) is 0 Å². The van der Waals surface area contributed by atoms with Crippen LogP contribution in [-0.2, 0) is 27.1 Å². The van der Waals surface area contributed by atoms with Gasteiger partial charge in [0.05, 0.1) is 32.3 Å². The number of carbonyl (C=O) groups excluding carboxylic acids is 2. The summed E-state index contributed by atoms with van der Waals surface area (Å²) in [6.45, 7) is 5.10. The van der Waals surface area contributed by atoms with E-state index in [0.29, 0.717) is 25.2 Å². The molecule has 3 heterocycles. The number of nitrogens with zero attached hydrogens (tertiary/aromatic N) is 6. The third kappa shape index (κ3) is 8.46. The van der Waals surface area contributed by atoms with Gasteiger partial charge < -0.3 is 29.3 Å². The number of carbonyl (C=O) groups is 2. The lowest BCUT2D eigenvalue weighted by Gasteiger charge is -2.28. The van der Waals surface area contributed by atoms with Gasteiger partial charge in [-0.05, 0) is 67.5 Å². The summed E-state index contributed by atoms with van der Waals surface area (Å²) in [5.74, 6) is -0.0683. The van der Waals surface area contributed by atoms with Crippen molar-refractivity contribution < 1.29 is 28.2 Å². The minimum absolute atomic E-state index is 0.0349. The third-order valence-corrected chi connectivity index (χ3v) is 7.21. The molecule has 1 aromatic carbocycles. The van der Waals surface area contributed by atoms with Crippen molar-refractivity contribution in [1.82, 2.24) is 14.8 Å². The lowest BCUT2D eigenvalue weighted by Crippen LogP contribution is -2.36. The maximum Gasteiger partial charge on any atom is 0.320 e. The van der Waals surface area contributed by atoms with Crippen molar-refractivity contribution >= 4 is 17.8 Å². The van der Waals surface area contributed by atoms with Crippen molar-refractivity contribution in [2.24, 2.45) is 5.11 Å². The summed E-state index contributed by atoms with van der Waals surface area (Å²) in [6.07, 6.45) is 3.57. The summed E-state index contributed by atoms with van der Waals surface area (Å²) >= 11 is 0. The Morgan fingerprint density at radius 1 is 1.24 bits per heavy atom. The number of nitrogens with one attached hydrogen (secondary N) is 1. The van der Waals surface area contributed by atoms with Crippen LogP contribution in [0.4, 0.5) is 15.0 Å². The number of amides is 2. The van der Waals surface area contributed by atoms with Crippen LogP contribution in [0.25, 0.3) is 10.4 Å². The van der Waals surface area contributed by atoms with Crippen LogP contribution in [0.1, 0.15) is 49.0 Å². The number of aromatic nitrogens is 1. The Balaban J connectivity index is 1.35. The minimum atomic E-state index is -0.678. The first-order chi connectivity index (χ1) is 20.5. The lowest BCUT2D eigenvalue weighted by molar-refractivity contribution is -0.144. The van der Waals surface area contributed by atoms with E-state index in [1.165, 1.54) is 17.7 Å². The van der Waals surface area contributed by atoms with E-state index in [2.05, 4.69) is 27.5 Å². The molecule has 0 spiro atoms. The number of azide groups is 1. The molecule has 2 aliphatic rings. The van der Waals surface area contributed by atoms with Gasteiger partial charge in [0, 0.05) is 43.3 Å². The van der Waals surface area contributed by atoms with Crippen LogP contribution in [-0.4, -0.2) is 85.9 Å². The number of esters is 1. The molecule has 1 N–H and O–H groups in total. The Morgan fingerprint density at radius 2 is 2.12 bits per heavy atom. The molecule has 2 aromatic rings. The molecule has 4 rings (SSSR count). The van der Waals surface area contributed by atoms with Crippen LogP contribution in [0, 0.1) is 5.82 Å². The number of halogens is 1. The predicted molar refractivity (Wildman–Crippen MR) is 154 cm³/mol. The Labute approximate surface area is 244 Å². The fourth-order valence-electron chi connectivity index (χ4n) is 5.15. The first kappa shape index (κ1) is 30.9. The molecule has 2 aliphatic heterocycles. The summed E-state index contributed by atoms with van der Waals surface area (Å²) in [6, 6.07) is 7.77. The van der Waals surface area contributed by atoms with Crippen molar-refractivity contribution in [3.05, 3.63) is 63.4 Å². The zero-order chi connectivity index (χ0) is 29.7. The monoisotopic (exact) mass is 583 g/mol. The van der Waals surface area contributed by atoms with Crippen LogP contribution in [0.3, 0.4) is 0 Å². The van der Waals surface area contributed by atoms with Crippen molar-refractivity contribution in [2.45, 2.75) is 45.1 Å². The molecule has 42 heavy (non-hydrogen) atoms. The molecule has 0 bridgehead atoms. The number of ether oxygens (including phenoxy) is 3. The largest absolute Gasteiger partial charge is 0.488 e. The van der Waals surface area contributed by atoms with Crippen molar-refractivity contribution in [1.29, 1.82) is 0 Å².